The van der Waals surface area contributed by atoms with Gasteiger partial charge in [-0.25, -0.2) is 9.97 Å². The Kier molecular flexibility index (Phi) is 12.3. The second-order valence-electron chi connectivity index (χ2n) is 4.60. The summed E-state index contributed by atoms with van der Waals surface area (Å²) in [6, 6.07) is 0. The van der Waals surface area contributed by atoms with E-state index >= 15 is 0 Å². The lowest BCUT2D eigenvalue weighted by molar-refractivity contribution is 0.521. The van der Waals surface area contributed by atoms with Crippen LogP contribution in [-0.4, -0.2) is 14.3 Å². The molecule has 0 aliphatic carbocycles. The maximum atomic E-state index is 4.85. The molecule has 3 aromatic heterocycles. The average Bonchev–Trinajstić information content (AvgIpc) is 3.08. The molecule has 0 atom stereocenters. The van der Waals surface area contributed by atoms with Gasteiger partial charge in [-0.1, -0.05) is 14.9 Å². The molecule has 0 aliphatic rings. The quantitative estimate of drug-likeness (QED) is 0.490. The SMILES string of the molecule is C.C.Cc1coc(C)n1.Cc1csc(C)n1.Cc1csnc1C. The van der Waals surface area contributed by atoms with E-state index in [-0.39, 0.29) is 14.9 Å². The number of nitrogens with zero attached hydrogens (tertiary/aromatic N) is 3. The Hall–Kier alpha value is -1.53. The molecule has 0 saturated carbocycles. The predicted molar refractivity (Wildman–Crippen MR) is 103 cm³/mol. The summed E-state index contributed by atoms with van der Waals surface area (Å²) < 4.78 is 8.91. The van der Waals surface area contributed by atoms with Crippen LogP contribution < -0.4 is 0 Å². The first-order valence-corrected chi connectivity index (χ1v) is 8.25. The molecule has 0 aromatic carbocycles. The molecular formula is C17H29N3OS2. The molecule has 0 saturated heterocycles. The summed E-state index contributed by atoms with van der Waals surface area (Å²) in [7, 11) is 0. The Morgan fingerprint density at radius 2 is 1.52 bits per heavy atom. The summed E-state index contributed by atoms with van der Waals surface area (Å²) in [5.41, 5.74) is 4.52. The van der Waals surface area contributed by atoms with Crippen LogP contribution in [0.2, 0.25) is 0 Å². The van der Waals surface area contributed by atoms with Crippen LogP contribution in [0.5, 0.6) is 0 Å². The first-order chi connectivity index (χ1) is 9.88. The summed E-state index contributed by atoms with van der Waals surface area (Å²) in [4.78, 5) is 8.07. The second kappa shape index (κ2) is 12.0. The summed E-state index contributed by atoms with van der Waals surface area (Å²) in [5, 5.41) is 5.25. The van der Waals surface area contributed by atoms with Gasteiger partial charge in [-0.2, -0.15) is 4.37 Å². The van der Waals surface area contributed by atoms with Crippen LogP contribution in [0, 0.1) is 41.5 Å². The standard InChI is InChI=1S/C5H7NO.2C5H7NS.2CH4/c2*1-4-3-7-5(2)6-4;1-4-3-7-6-5(4)2;;/h3*3H,1-2H3;2*1H4. The zero-order chi connectivity index (χ0) is 15.8. The molecule has 0 unspecified atom stereocenters. The maximum absolute atomic E-state index is 4.85. The van der Waals surface area contributed by atoms with Crippen molar-refractivity contribution in [1.29, 1.82) is 0 Å². The van der Waals surface area contributed by atoms with Gasteiger partial charge in [0.25, 0.3) is 0 Å². The number of hydrogen-bond acceptors (Lipinski definition) is 6. The smallest absolute Gasteiger partial charge is 0.191 e. The van der Waals surface area contributed by atoms with Crippen LogP contribution in [0.3, 0.4) is 0 Å². The molecule has 3 heterocycles. The highest BCUT2D eigenvalue weighted by Gasteiger charge is 1.89. The van der Waals surface area contributed by atoms with Crippen molar-refractivity contribution in [2.45, 2.75) is 56.4 Å². The van der Waals surface area contributed by atoms with E-state index in [1.54, 1.807) is 17.6 Å². The molecule has 0 N–H and O–H groups in total. The molecule has 23 heavy (non-hydrogen) atoms. The van der Waals surface area contributed by atoms with Crippen LogP contribution in [0.1, 0.15) is 48.4 Å². The van der Waals surface area contributed by atoms with Crippen LogP contribution in [-0.2, 0) is 0 Å². The molecule has 4 nitrogen and oxygen atoms in total. The number of rotatable bonds is 0. The van der Waals surface area contributed by atoms with Gasteiger partial charge in [-0.15, -0.1) is 11.3 Å². The fourth-order valence-corrected chi connectivity index (χ4v) is 2.56. The van der Waals surface area contributed by atoms with Crippen molar-refractivity contribution >= 4 is 22.9 Å². The molecule has 3 rings (SSSR count). The molecule has 0 radical (unpaired) electrons. The van der Waals surface area contributed by atoms with Gasteiger partial charge in [0.15, 0.2) is 5.89 Å². The van der Waals surface area contributed by atoms with Crippen molar-refractivity contribution in [1.82, 2.24) is 14.3 Å². The van der Waals surface area contributed by atoms with Crippen LogP contribution in [0.4, 0.5) is 0 Å². The van der Waals surface area contributed by atoms with Crippen molar-refractivity contribution in [3.8, 4) is 0 Å². The van der Waals surface area contributed by atoms with Crippen LogP contribution in [0.25, 0.3) is 0 Å². The van der Waals surface area contributed by atoms with Gasteiger partial charge in [0.05, 0.1) is 16.4 Å². The molecule has 6 heteroatoms. The van der Waals surface area contributed by atoms with Gasteiger partial charge in [0.1, 0.15) is 6.26 Å². The summed E-state index contributed by atoms with van der Waals surface area (Å²) in [6.07, 6.45) is 1.63. The van der Waals surface area contributed by atoms with E-state index in [1.165, 1.54) is 17.1 Å². The monoisotopic (exact) mass is 355 g/mol. The summed E-state index contributed by atoms with van der Waals surface area (Å²) >= 11 is 3.21. The van der Waals surface area contributed by atoms with Crippen LogP contribution in [0.15, 0.2) is 21.4 Å². The lowest BCUT2D eigenvalue weighted by Gasteiger charge is -1.77. The fraction of sp³-hybridized carbons (Fsp3) is 0.471. The topological polar surface area (TPSA) is 51.8 Å². The van der Waals surface area contributed by atoms with Crippen LogP contribution >= 0.6 is 22.9 Å². The number of thiazole rings is 1. The highest BCUT2D eigenvalue weighted by molar-refractivity contribution is 7.09. The second-order valence-corrected chi connectivity index (χ2v) is 6.29. The average molecular weight is 356 g/mol. The number of hydrogen-bond donors (Lipinski definition) is 0. The highest BCUT2D eigenvalue weighted by Crippen LogP contribution is 2.05. The summed E-state index contributed by atoms with van der Waals surface area (Å²) in [5.74, 6) is 0.734. The van der Waals surface area contributed by atoms with Gasteiger partial charge in [0, 0.05) is 23.4 Å². The van der Waals surface area contributed by atoms with E-state index < -0.39 is 0 Å². The Morgan fingerprint density at radius 3 is 1.65 bits per heavy atom. The molecule has 0 bridgehead atoms. The minimum absolute atomic E-state index is 0. The van der Waals surface area contributed by atoms with E-state index in [1.807, 2.05) is 34.6 Å². The minimum atomic E-state index is 0. The first-order valence-electron chi connectivity index (χ1n) is 6.53. The van der Waals surface area contributed by atoms with Crippen molar-refractivity contribution in [2.24, 2.45) is 0 Å². The number of oxazole rings is 1. The molecule has 0 fully saturated rings. The molecule has 0 aliphatic heterocycles. The van der Waals surface area contributed by atoms with Crippen molar-refractivity contribution in [2.75, 3.05) is 0 Å². The Balaban J connectivity index is 0. The third kappa shape index (κ3) is 9.97. The van der Waals surface area contributed by atoms with E-state index in [4.69, 9.17) is 4.42 Å². The van der Waals surface area contributed by atoms with E-state index in [2.05, 4.69) is 32.0 Å². The maximum Gasteiger partial charge on any atom is 0.191 e. The molecule has 0 amide bonds. The van der Waals surface area contributed by atoms with E-state index in [0.717, 1.165) is 28.0 Å². The zero-order valence-electron chi connectivity index (χ0n) is 13.3. The fourth-order valence-electron chi connectivity index (χ4n) is 1.28. The molecule has 130 valence electrons. The van der Waals surface area contributed by atoms with Crippen molar-refractivity contribution in [3.05, 3.63) is 50.6 Å². The molecular weight excluding hydrogens is 326 g/mol. The van der Waals surface area contributed by atoms with E-state index in [0.29, 0.717) is 0 Å². The Labute approximate surface area is 148 Å². The number of aromatic nitrogens is 3. The Bertz CT molecular complexity index is 568. The third-order valence-electron chi connectivity index (χ3n) is 2.46. The van der Waals surface area contributed by atoms with Gasteiger partial charge in [-0.05, 0) is 51.7 Å². The van der Waals surface area contributed by atoms with Gasteiger partial charge < -0.3 is 4.42 Å². The minimum Gasteiger partial charge on any atom is -0.449 e. The predicted octanol–water partition coefficient (Wildman–Crippen LogP) is 6.08. The molecule has 0 spiro atoms. The van der Waals surface area contributed by atoms with Crippen molar-refractivity contribution in [3.63, 3.8) is 0 Å². The van der Waals surface area contributed by atoms with Gasteiger partial charge in [0.2, 0.25) is 0 Å². The third-order valence-corrected chi connectivity index (χ3v) is 4.19. The zero-order valence-corrected chi connectivity index (χ0v) is 14.9. The van der Waals surface area contributed by atoms with Gasteiger partial charge >= 0.3 is 0 Å². The normalized spacial score (nSPS) is 8.61. The number of aryl methyl sites for hydroxylation is 6. The first kappa shape index (κ1) is 23.7. The largest absolute Gasteiger partial charge is 0.449 e. The summed E-state index contributed by atoms with van der Waals surface area (Å²) in [6.45, 7) is 11.8. The lowest BCUT2D eigenvalue weighted by Crippen LogP contribution is -1.68. The molecule has 3 aromatic rings. The van der Waals surface area contributed by atoms with Gasteiger partial charge in [-0.3, -0.25) is 0 Å². The van der Waals surface area contributed by atoms with Crippen molar-refractivity contribution < 1.29 is 4.42 Å². The highest BCUT2D eigenvalue weighted by atomic mass is 32.1. The Morgan fingerprint density at radius 1 is 0.870 bits per heavy atom. The lowest BCUT2D eigenvalue weighted by atomic mass is 10.3. The van der Waals surface area contributed by atoms with E-state index in [9.17, 15) is 0 Å².